The van der Waals surface area contributed by atoms with Crippen molar-refractivity contribution < 1.29 is 23.2 Å². The summed E-state index contributed by atoms with van der Waals surface area (Å²) in [5, 5.41) is 4.07. The van der Waals surface area contributed by atoms with Crippen LogP contribution in [0.25, 0.3) is 11.4 Å². The van der Waals surface area contributed by atoms with Crippen LogP contribution in [0, 0.1) is 5.82 Å². The lowest BCUT2D eigenvalue weighted by molar-refractivity contribution is 0.0610. The predicted octanol–water partition coefficient (Wildman–Crippen LogP) is 2.85. The van der Waals surface area contributed by atoms with Gasteiger partial charge in [-0.05, 0) is 24.3 Å². The maximum absolute atomic E-state index is 13.9. The first-order chi connectivity index (χ1) is 15.1. The van der Waals surface area contributed by atoms with Crippen LogP contribution in [0.4, 0.5) is 4.39 Å². The molecule has 0 bridgehead atoms. The van der Waals surface area contributed by atoms with E-state index in [0.29, 0.717) is 61.5 Å². The van der Waals surface area contributed by atoms with Gasteiger partial charge in [0.15, 0.2) is 0 Å². The van der Waals surface area contributed by atoms with Crippen molar-refractivity contribution in [1.82, 2.24) is 19.9 Å². The van der Waals surface area contributed by atoms with Crippen molar-refractivity contribution in [2.75, 3.05) is 40.4 Å². The van der Waals surface area contributed by atoms with Gasteiger partial charge in [0.05, 0.1) is 31.9 Å². The van der Waals surface area contributed by atoms with Gasteiger partial charge in [-0.2, -0.15) is 4.98 Å². The number of carbonyl (C=O) groups excluding carboxylic acids is 1. The van der Waals surface area contributed by atoms with E-state index in [1.54, 1.807) is 43.4 Å². The van der Waals surface area contributed by atoms with E-state index in [0.717, 1.165) is 0 Å². The quantitative estimate of drug-likeness (QED) is 0.600. The van der Waals surface area contributed by atoms with E-state index in [-0.39, 0.29) is 11.5 Å². The minimum absolute atomic E-state index is 0.103. The van der Waals surface area contributed by atoms with Gasteiger partial charge in [-0.3, -0.25) is 9.69 Å². The summed E-state index contributed by atoms with van der Waals surface area (Å²) in [4.78, 5) is 20.8. The molecule has 1 fully saturated rings. The van der Waals surface area contributed by atoms with Crippen LogP contribution in [0.5, 0.6) is 11.5 Å². The number of benzene rings is 2. The normalized spacial score (nSPS) is 14.5. The summed E-state index contributed by atoms with van der Waals surface area (Å²) in [5.74, 6) is 1.38. The summed E-state index contributed by atoms with van der Waals surface area (Å²) in [6.07, 6.45) is 0. The summed E-state index contributed by atoms with van der Waals surface area (Å²) in [7, 11) is 3.16. The summed E-state index contributed by atoms with van der Waals surface area (Å²) < 4.78 is 29.9. The van der Waals surface area contributed by atoms with Crippen LogP contribution in [0.15, 0.2) is 47.0 Å². The predicted molar refractivity (Wildman–Crippen MR) is 110 cm³/mol. The molecular weight excluding hydrogens is 403 g/mol. The van der Waals surface area contributed by atoms with Crippen molar-refractivity contribution >= 4 is 5.91 Å². The van der Waals surface area contributed by atoms with E-state index < -0.39 is 5.82 Å². The largest absolute Gasteiger partial charge is 0.497 e. The van der Waals surface area contributed by atoms with Crippen LogP contribution in [0.1, 0.15) is 16.2 Å². The maximum atomic E-state index is 13.9. The Balaban J connectivity index is 1.37. The molecule has 3 aromatic rings. The van der Waals surface area contributed by atoms with Crippen LogP contribution in [0.2, 0.25) is 0 Å². The molecule has 0 spiro atoms. The molecule has 1 aliphatic heterocycles. The van der Waals surface area contributed by atoms with Crippen molar-refractivity contribution in [3.63, 3.8) is 0 Å². The Morgan fingerprint density at radius 3 is 2.58 bits per heavy atom. The molecule has 2 heterocycles. The molecule has 1 saturated heterocycles. The monoisotopic (exact) mass is 426 g/mol. The number of rotatable bonds is 6. The lowest BCUT2D eigenvalue weighted by Gasteiger charge is -2.34. The third-order valence-corrected chi connectivity index (χ3v) is 5.24. The molecular formula is C22H23FN4O4. The van der Waals surface area contributed by atoms with E-state index in [1.807, 2.05) is 6.07 Å². The first-order valence-electron chi connectivity index (χ1n) is 9.90. The first kappa shape index (κ1) is 20.8. The van der Waals surface area contributed by atoms with E-state index in [9.17, 15) is 9.18 Å². The number of amides is 1. The number of hydrogen-bond donors (Lipinski definition) is 0. The molecule has 0 saturated carbocycles. The topological polar surface area (TPSA) is 80.9 Å². The zero-order valence-electron chi connectivity index (χ0n) is 17.4. The highest BCUT2D eigenvalue weighted by atomic mass is 19.1. The molecule has 0 N–H and O–H groups in total. The number of aromatic nitrogens is 2. The molecule has 1 aromatic heterocycles. The van der Waals surface area contributed by atoms with Crippen molar-refractivity contribution in [2.24, 2.45) is 0 Å². The van der Waals surface area contributed by atoms with Gasteiger partial charge in [-0.15, -0.1) is 0 Å². The Morgan fingerprint density at radius 1 is 1.10 bits per heavy atom. The smallest absolute Gasteiger partial charge is 0.256 e. The van der Waals surface area contributed by atoms with Gasteiger partial charge in [0.1, 0.15) is 17.3 Å². The highest BCUT2D eigenvalue weighted by molar-refractivity contribution is 5.94. The Labute approximate surface area is 179 Å². The van der Waals surface area contributed by atoms with Crippen LogP contribution < -0.4 is 9.47 Å². The molecule has 0 radical (unpaired) electrons. The average molecular weight is 426 g/mol. The van der Waals surface area contributed by atoms with Gasteiger partial charge < -0.3 is 18.9 Å². The van der Waals surface area contributed by atoms with E-state index in [2.05, 4.69) is 15.0 Å². The first-order valence-corrected chi connectivity index (χ1v) is 9.90. The minimum atomic E-state index is -0.498. The summed E-state index contributed by atoms with van der Waals surface area (Å²) in [6, 6.07) is 11.4. The van der Waals surface area contributed by atoms with E-state index in [1.165, 1.54) is 12.1 Å². The van der Waals surface area contributed by atoms with Gasteiger partial charge in [-0.1, -0.05) is 17.3 Å². The number of piperazine rings is 1. The Bertz CT molecular complexity index is 1060. The highest BCUT2D eigenvalue weighted by Crippen LogP contribution is 2.31. The molecule has 2 aromatic carbocycles. The van der Waals surface area contributed by atoms with Crippen LogP contribution in [-0.4, -0.2) is 66.2 Å². The SMILES string of the molecule is COc1ccc(-c2noc(CN3CCN(C(=O)c4ccccc4F)CC3)n2)c(OC)c1. The Morgan fingerprint density at radius 2 is 1.87 bits per heavy atom. The van der Waals surface area contributed by atoms with Crippen molar-refractivity contribution in [3.8, 4) is 22.9 Å². The minimum Gasteiger partial charge on any atom is -0.497 e. The van der Waals surface area contributed by atoms with Crippen LogP contribution in [-0.2, 0) is 6.54 Å². The van der Waals surface area contributed by atoms with Crippen molar-refractivity contribution in [3.05, 3.63) is 59.7 Å². The molecule has 0 unspecified atom stereocenters. The van der Waals surface area contributed by atoms with Gasteiger partial charge in [0.25, 0.3) is 5.91 Å². The number of methoxy groups -OCH3 is 2. The number of nitrogens with zero attached hydrogens (tertiary/aromatic N) is 4. The number of hydrogen-bond acceptors (Lipinski definition) is 7. The van der Waals surface area contributed by atoms with Gasteiger partial charge in [0.2, 0.25) is 11.7 Å². The molecule has 0 atom stereocenters. The van der Waals surface area contributed by atoms with Crippen LogP contribution in [0.3, 0.4) is 0 Å². The van der Waals surface area contributed by atoms with Gasteiger partial charge in [-0.25, -0.2) is 4.39 Å². The third kappa shape index (κ3) is 4.51. The molecule has 8 nitrogen and oxygen atoms in total. The number of carbonyl (C=O) groups is 1. The van der Waals surface area contributed by atoms with Gasteiger partial charge in [0, 0.05) is 32.2 Å². The molecule has 1 amide bonds. The Hall–Kier alpha value is -3.46. The molecule has 162 valence electrons. The second-order valence-electron chi connectivity index (χ2n) is 7.13. The Kier molecular flexibility index (Phi) is 6.13. The fourth-order valence-electron chi connectivity index (χ4n) is 3.52. The third-order valence-electron chi connectivity index (χ3n) is 5.24. The summed E-state index contributed by atoms with van der Waals surface area (Å²) >= 11 is 0. The second-order valence-corrected chi connectivity index (χ2v) is 7.13. The molecule has 9 heteroatoms. The fourth-order valence-corrected chi connectivity index (χ4v) is 3.52. The fraction of sp³-hybridized carbons (Fsp3) is 0.318. The molecule has 4 rings (SSSR count). The molecule has 31 heavy (non-hydrogen) atoms. The second kappa shape index (κ2) is 9.13. The summed E-state index contributed by atoms with van der Waals surface area (Å²) in [6.45, 7) is 2.72. The maximum Gasteiger partial charge on any atom is 0.256 e. The van der Waals surface area contributed by atoms with Crippen LogP contribution >= 0.6 is 0 Å². The highest BCUT2D eigenvalue weighted by Gasteiger charge is 2.25. The number of ether oxygens (including phenoxy) is 2. The molecule has 1 aliphatic rings. The average Bonchev–Trinajstić information content (AvgIpc) is 3.27. The standard InChI is InChI=1S/C22H23FN4O4/c1-29-15-7-8-17(19(13-15)30-2)21-24-20(31-25-21)14-26-9-11-27(12-10-26)22(28)16-5-3-4-6-18(16)23/h3-8,13H,9-12,14H2,1-2H3. The van der Waals surface area contributed by atoms with E-state index in [4.69, 9.17) is 14.0 Å². The lowest BCUT2D eigenvalue weighted by atomic mass is 10.1. The zero-order chi connectivity index (χ0) is 21.8. The number of halogens is 1. The van der Waals surface area contributed by atoms with Crippen molar-refractivity contribution in [1.29, 1.82) is 0 Å². The zero-order valence-corrected chi connectivity index (χ0v) is 17.4. The lowest BCUT2D eigenvalue weighted by Crippen LogP contribution is -2.48. The van der Waals surface area contributed by atoms with Gasteiger partial charge >= 0.3 is 0 Å². The molecule has 0 aliphatic carbocycles. The van der Waals surface area contributed by atoms with E-state index >= 15 is 0 Å². The van der Waals surface area contributed by atoms with Crippen molar-refractivity contribution in [2.45, 2.75) is 6.54 Å². The summed E-state index contributed by atoms with van der Waals surface area (Å²) in [5.41, 5.74) is 0.810.